The van der Waals surface area contributed by atoms with Gasteiger partial charge < -0.3 is 5.11 Å². The summed E-state index contributed by atoms with van der Waals surface area (Å²) in [5.41, 5.74) is 0. The van der Waals surface area contributed by atoms with Crippen LogP contribution in [0, 0.1) is 0 Å². The predicted molar refractivity (Wildman–Crippen MR) is 52.5 cm³/mol. The fraction of sp³-hybridized carbons (Fsp3) is 0.700. The maximum atomic E-state index is 13.1. The van der Waals surface area contributed by atoms with E-state index in [0.29, 0.717) is 0 Å². The normalized spacial score (nSPS) is 16.1. The molecule has 0 aliphatic rings. The van der Waals surface area contributed by atoms with Crippen molar-refractivity contribution in [1.82, 2.24) is 0 Å². The third-order valence-corrected chi connectivity index (χ3v) is 2.79. The standard InChI is InChI=1S/C10H3F15O2/c11-4(12,2-1-3(26)27)5(13,14)6(15,16)7(17,18)8(19,20)9(21,22)10(23,24)25/h1-2H,(H,26,27)/b2-1+/i2+2. The number of hydrogen-bond donors (Lipinski definition) is 1. The van der Waals surface area contributed by atoms with Crippen LogP contribution in [0.5, 0.6) is 0 Å². The van der Waals surface area contributed by atoms with Crippen LogP contribution in [0.2, 0.25) is 0 Å². The van der Waals surface area contributed by atoms with E-state index in [2.05, 4.69) is 0 Å². The largest absolute Gasteiger partial charge is 0.478 e. The van der Waals surface area contributed by atoms with E-state index >= 15 is 0 Å². The van der Waals surface area contributed by atoms with Crippen LogP contribution in [0.4, 0.5) is 65.9 Å². The van der Waals surface area contributed by atoms with E-state index in [1.165, 1.54) is 0 Å². The topological polar surface area (TPSA) is 37.3 Å². The molecular formula is C10H3F15O2. The summed E-state index contributed by atoms with van der Waals surface area (Å²) in [5, 5.41) is 7.89. The molecule has 0 rings (SSSR count). The number of allylic oxidation sites excluding steroid dienone is 1. The van der Waals surface area contributed by atoms with Gasteiger partial charge in [0.2, 0.25) is 0 Å². The first-order chi connectivity index (χ1) is 11.4. The Labute approximate surface area is 137 Å². The molecule has 17 heteroatoms. The van der Waals surface area contributed by atoms with Gasteiger partial charge in [0.05, 0.1) is 0 Å². The van der Waals surface area contributed by atoms with Crippen molar-refractivity contribution in [3.05, 3.63) is 12.2 Å². The van der Waals surface area contributed by atoms with Crippen LogP contribution in [0.15, 0.2) is 12.2 Å². The van der Waals surface area contributed by atoms with Gasteiger partial charge in [-0.3, -0.25) is 0 Å². The number of alkyl halides is 15. The molecule has 0 aliphatic carbocycles. The van der Waals surface area contributed by atoms with Gasteiger partial charge in [0.15, 0.2) is 0 Å². The monoisotopic (exact) mass is 442 g/mol. The Morgan fingerprint density at radius 2 is 0.889 bits per heavy atom. The average Bonchev–Trinajstić information content (AvgIpc) is 2.42. The first-order valence-electron chi connectivity index (χ1n) is 5.67. The second-order valence-electron chi connectivity index (χ2n) is 4.66. The van der Waals surface area contributed by atoms with E-state index in [1.807, 2.05) is 0 Å². The average molecular weight is 442 g/mol. The van der Waals surface area contributed by atoms with E-state index in [0.717, 1.165) is 0 Å². The molecule has 0 radical (unpaired) electrons. The summed E-state index contributed by atoms with van der Waals surface area (Å²) < 4.78 is 190. The predicted octanol–water partition coefficient (Wildman–Crippen LogP) is 5.00. The lowest BCUT2D eigenvalue weighted by molar-refractivity contribution is -0.449. The minimum atomic E-state index is -8.39. The van der Waals surface area contributed by atoms with E-state index in [9.17, 15) is 70.7 Å². The SMILES string of the molecule is O=C(O)/C=[14CH]/C(F)(F)C(F)(F)C(F)(F)C(F)(F)C(F)(F)C(F)(F)C(F)(F)F. The Morgan fingerprint density at radius 1 is 0.593 bits per heavy atom. The molecule has 0 saturated carbocycles. The van der Waals surface area contributed by atoms with Crippen molar-refractivity contribution in [2.24, 2.45) is 0 Å². The first kappa shape index (κ1) is 25.2. The van der Waals surface area contributed by atoms with Crippen molar-refractivity contribution in [1.29, 1.82) is 0 Å². The number of halogens is 15. The maximum Gasteiger partial charge on any atom is 0.460 e. The molecule has 27 heavy (non-hydrogen) atoms. The van der Waals surface area contributed by atoms with Crippen molar-refractivity contribution < 1.29 is 75.8 Å². The highest BCUT2D eigenvalue weighted by Crippen LogP contribution is 2.62. The Morgan fingerprint density at radius 3 is 1.19 bits per heavy atom. The van der Waals surface area contributed by atoms with Crippen LogP contribution in [0.3, 0.4) is 0 Å². The summed E-state index contributed by atoms with van der Waals surface area (Å²) in [7, 11) is 0. The second-order valence-corrected chi connectivity index (χ2v) is 4.66. The number of carboxylic acid groups (broad SMARTS) is 1. The van der Waals surface area contributed by atoms with Gasteiger partial charge >= 0.3 is 47.7 Å². The molecule has 2 nitrogen and oxygen atoms in total. The lowest BCUT2D eigenvalue weighted by Crippen LogP contribution is -2.72. The molecular weight excluding hydrogens is 439 g/mol. The molecule has 160 valence electrons. The highest BCUT2D eigenvalue weighted by Gasteiger charge is 2.93. The quantitative estimate of drug-likeness (QED) is 0.445. The highest BCUT2D eigenvalue weighted by molar-refractivity contribution is 5.79. The van der Waals surface area contributed by atoms with Crippen LogP contribution in [-0.4, -0.2) is 52.8 Å². The number of aliphatic carboxylic acids is 1. The summed E-state index contributed by atoms with van der Waals surface area (Å²) in [6.07, 6.45) is -10.4. The molecule has 0 atom stereocenters. The minimum absolute atomic E-state index is 1.02. The van der Waals surface area contributed by atoms with Gasteiger partial charge in [-0.25, -0.2) is 4.79 Å². The number of carboxylic acids is 1. The molecule has 0 bridgehead atoms. The van der Waals surface area contributed by atoms with Crippen molar-refractivity contribution in [3.63, 3.8) is 0 Å². The molecule has 0 aromatic rings. The van der Waals surface area contributed by atoms with Crippen molar-refractivity contribution in [2.45, 2.75) is 41.7 Å². The molecule has 0 aliphatic heterocycles. The first-order valence-corrected chi connectivity index (χ1v) is 5.67. The minimum Gasteiger partial charge on any atom is -0.478 e. The lowest BCUT2D eigenvalue weighted by Gasteiger charge is -2.41. The molecule has 1 N–H and O–H groups in total. The highest BCUT2D eigenvalue weighted by atomic mass is 19.4. The summed E-state index contributed by atoms with van der Waals surface area (Å²) in [4.78, 5) is 9.88. The third kappa shape index (κ3) is 3.51. The van der Waals surface area contributed by atoms with E-state index in [1.54, 1.807) is 0 Å². The number of rotatable bonds is 7. The lowest BCUT2D eigenvalue weighted by atomic mass is 9.93. The second kappa shape index (κ2) is 6.35. The van der Waals surface area contributed by atoms with E-state index in [4.69, 9.17) is 5.11 Å². The van der Waals surface area contributed by atoms with Crippen LogP contribution in [0.1, 0.15) is 0 Å². The Kier molecular flexibility index (Phi) is 5.92. The Hall–Kier alpha value is -1.84. The van der Waals surface area contributed by atoms with Crippen molar-refractivity contribution >= 4 is 5.97 Å². The zero-order valence-corrected chi connectivity index (χ0v) is 11.7. The fourth-order valence-corrected chi connectivity index (χ4v) is 1.26. The summed E-state index contributed by atoms with van der Waals surface area (Å²) >= 11 is 0. The summed E-state index contributed by atoms with van der Waals surface area (Å²) in [5.74, 6) is -49.9. The van der Waals surface area contributed by atoms with E-state index < -0.39 is 59.8 Å². The van der Waals surface area contributed by atoms with Gasteiger partial charge in [0.25, 0.3) is 0 Å². The fourth-order valence-electron chi connectivity index (χ4n) is 1.26. The molecule has 0 aromatic carbocycles. The zero-order valence-electron chi connectivity index (χ0n) is 11.7. The van der Waals surface area contributed by atoms with Crippen LogP contribution < -0.4 is 0 Å². The van der Waals surface area contributed by atoms with E-state index in [-0.39, 0.29) is 0 Å². The smallest absolute Gasteiger partial charge is 0.460 e. The van der Waals surface area contributed by atoms with Gasteiger partial charge in [0, 0.05) is 6.08 Å². The molecule has 0 aromatic heterocycles. The van der Waals surface area contributed by atoms with Gasteiger partial charge in [-0.05, 0) is 6.08 Å². The molecule has 0 heterocycles. The molecule has 0 amide bonds. The molecule has 0 spiro atoms. The number of carbonyl (C=O) groups is 1. The molecule has 0 saturated heterocycles. The van der Waals surface area contributed by atoms with Gasteiger partial charge in [-0.15, -0.1) is 0 Å². The molecule has 0 fully saturated rings. The zero-order chi connectivity index (χ0) is 22.5. The van der Waals surface area contributed by atoms with Crippen LogP contribution in [-0.2, 0) is 4.79 Å². The van der Waals surface area contributed by atoms with Crippen LogP contribution >= 0.6 is 0 Å². The summed E-state index contributed by atoms with van der Waals surface area (Å²) in [6.45, 7) is 0. The van der Waals surface area contributed by atoms with Crippen molar-refractivity contribution in [2.75, 3.05) is 0 Å². The number of hydrogen-bond acceptors (Lipinski definition) is 1. The van der Waals surface area contributed by atoms with Gasteiger partial charge in [-0.2, -0.15) is 65.9 Å². The Balaban J connectivity index is 6.51. The van der Waals surface area contributed by atoms with Crippen molar-refractivity contribution in [3.8, 4) is 0 Å². The van der Waals surface area contributed by atoms with Crippen LogP contribution in [0.25, 0.3) is 0 Å². The van der Waals surface area contributed by atoms with Gasteiger partial charge in [0.1, 0.15) is 0 Å². The third-order valence-electron chi connectivity index (χ3n) is 2.79. The molecule has 0 unspecified atom stereocenters. The maximum absolute atomic E-state index is 13.1. The van der Waals surface area contributed by atoms with Gasteiger partial charge in [-0.1, -0.05) is 0 Å². The Bertz CT molecular complexity index is 600. The summed E-state index contributed by atoms with van der Waals surface area (Å²) in [6, 6.07) is 0.